The van der Waals surface area contributed by atoms with Crippen molar-refractivity contribution in [3.63, 3.8) is 0 Å². The van der Waals surface area contributed by atoms with Gasteiger partial charge in [0.05, 0.1) is 0 Å². The molecule has 7 heteroatoms. The maximum atomic E-state index is 12.6. The summed E-state index contributed by atoms with van der Waals surface area (Å²) < 4.78 is 26.6. The van der Waals surface area contributed by atoms with Crippen LogP contribution < -0.4 is 0 Å². The number of piperazine rings is 1. The molecular formula is C25H28N2O4S. The van der Waals surface area contributed by atoms with Crippen molar-refractivity contribution in [3.8, 4) is 0 Å². The van der Waals surface area contributed by atoms with Crippen LogP contribution in [0.1, 0.15) is 46.3 Å². The molecule has 1 aliphatic heterocycles. The molecule has 6 nitrogen and oxygen atoms in total. The molecule has 1 aliphatic carbocycles. The van der Waals surface area contributed by atoms with Crippen LogP contribution in [0.2, 0.25) is 0 Å². The first-order valence-corrected chi connectivity index (χ1v) is 12.6. The predicted octanol–water partition coefficient (Wildman–Crippen LogP) is 3.28. The topological polar surface area (TPSA) is 74.8 Å². The number of carbonyl (C=O) groups is 2. The summed E-state index contributed by atoms with van der Waals surface area (Å²) in [6.07, 6.45) is 5.13. The number of aryl methyl sites for hydroxylation is 2. The SMILES string of the molecule is O=C(CCC(=O)N1CCN(S(=O)(=O)/C=C/c2ccccc2)CC1)c1ccc2c(c1)CCC2. The van der Waals surface area contributed by atoms with Gasteiger partial charge in [-0.05, 0) is 48.1 Å². The molecule has 0 spiro atoms. The van der Waals surface area contributed by atoms with E-state index in [2.05, 4.69) is 0 Å². The van der Waals surface area contributed by atoms with Gasteiger partial charge in [0.1, 0.15) is 0 Å². The zero-order chi connectivity index (χ0) is 22.6. The summed E-state index contributed by atoms with van der Waals surface area (Å²) in [5, 5.41) is 1.22. The van der Waals surface area contributed by atoms with Gasteiger partial charge in [0.15, 0.2) is 5.78 Å². The van der Waals surface area contributed by atoms with E-state index in [1.165, 1.54) is 20.8 Å². The second-order valence-electron chi connectivity index (χ2n) is 8.30. The molecule has 0 atom stereocenters. The second-order valence-corrected chi connectivity index (χ2v) is 10.1. The van der Waals surface area contributed by atoms with E-state index >= 15 is 0 Å². The Morgan fingerprint density at radius 1 is 0.875 bits per heavy atom. The fourth-order valence-corrected chi connectivity index (χ4v) is 5.45. The van der Waals surface area contributed by atoms with Gasteiger partial charge in [-0.15, -0.1) is 0 Å². The molecule has 2 aromatic rings. The third kappa shape index (κ3) is 5.34. The Balaban J connectivity index is 1.26. The maximum absolute atomic E-state index is 12.6. The lowest BCUT2D eigenvalue weighted by molar-refractivity contribution is -0.132. The van der Waals surface area contributed by atoms with E-state index in [0.717, 1.165) is 24.8 Å². The highest BCUT2D eigenvalue weighted by atomic mass is 32.2. The third-order valence-corrected chi connectivity index (χ3v) is 7.73. The highest BCUT2D eigenvalue weighted by molar-refractivity contribution is 7.92. The Bertz CT molecular complexity index is 1120. The first-order chi connectivity index (χ1) is 15.4. The van der Waals surface area contributed by atoms with E-state index in [1.807, 2.05) is 48.5 Å². The Labute approximate surface area is 189 Å². The van der Waals surface area contributed by atoms with Gasteiger partial charge in [-0.3, -0.25) is 9.59 Å². The van der Waals surface area contributed by atoms with E-state index in [0.29, 0.717) is 18.7 Å². The molecule has 0 saturated carbocycles. The van der Waals surface area contributed by atoms with Gasteiger partial charge in [0.2, 0.25) is 15.9 Å². The van der Waals surface area contributed by atoms with Crippen LogP contribution in [-0.2, 0) is 27.7 Å². The van der Waals surface area contributed by atoms with Gasteiger partial charge in [-0.25, -0.2) is 8.42 Å². The second kappa shape index (κ2) is 9.79. The first kappa shape index (κ1) is 22.4. The summed E-state index contributed by atoms with van der Waals surface area (Å²) in [6.45, 7) is 1.19. The van der Waals surface area contributed by atoms with E-state index in [4.69, 9.17) is 0 Å². The van der Waals surface area contributed by atoms with Crippen LogP contribution in [0.4, 0.5) is 0 Å². The summed E-state index contributed by atoms with van der Waals surface area (Å²) in [6, 6.07) is 15.1. The molecule has 32 heavy (non-hydrogen) atoms. The number of amides is 1. The Morgan fingerprint density at radius 2 is 1.59 bits per heavy atom. The van der Waals surface area contributed by atoms with E-state index < -0.39 is 10.0 Å². The molecule has 1 amide bonds. The van der Waals surface area contributed by atoms with Gasteiger partial charge < -0.3 is 4.90 Å². The van der Waals surface area contributed by atoms with E-state index in [1.54, 1.807) is 11.0 Å². The smallest absolute Gasteiger partial charge is 0.236 e. The number of Topliss-reactive ketones (excluding diaryl/α,β-unsaturated/α-hetero) is 1. The lowest BCUT2D eigenvalue weighted by Gasteiger charge is -2.33. The minimum absolute atomic E-state index is 0.0136. The lowest BCUT2D eigenvalue weighted by atomic mass is 10.0. The summed E-state index contributed by atoms with van der Waals surface area (Å²) in [7, 11) is -3.54. The highest BCUT2D eigenvalue weighted by Crippen LogP contribution is 2.23. The van der Waals surface area contributed by atoms with Crippen LogP contribution in [0.5, 0.6) is 0 Å². The Kier molecular flexibility index (Phi) is 6.86. The molecule has 0 bridgehead atoms. The quantitative estimate of drug-likeness (QED) is 0.604. The molecular weight excluding hydrogens is 424 g/mol. The maximum Gasteiger partial charge on any atom is 0.236 e. The Hall–Kier alpha value is -2.77. The fourth-order valence-electron chi connectivity index (χ4n) is 4.27. The van der Waals surface area contributed by atoms with E-state index in [-0.39, 0.29) is 37.6 Å². The summed E-state index contributed by atoms with van der Waals surface area (Å²) in [4.78, 5) is 26.8. The minimum atomic E-state index is -3.54. The molecule has 1 fully saturated rings. The summed E-state index contributed by atoms with van der Waals surface area (Å²) in [5.41, 5.74) is 4.07. The van der Waals surface area contributed by atoms with Crippen molar-refractivity contribution in [1.29, 1.82) is 0 Å². The third-order valence-electron chi connectivity index (χ3n) is 6.17. The number of carbonyl (C=O) groups excluding carboxylic acids is 2. The van der Waals surface area contributed by atoms with E-state index in [9.17, 15) is 18.0 Å². The highest BCUT2D eigenvalue weighted by Gasteiger charge is 2.27. The van der Waals surface area contributed by atoms with Crippen LogP contribution >= 0.6 is 0 Å². The van der Waals surface area contributed by atoms with Crippen molar-refractivity contribution < 1.29 is 18.0 Å². The largest absolute Gasteiger partial charge is 0.340 e. The molecule has 0 radical (unpaired) electrons. The normalized spacial score (nSPS) is 16.9. The number of sulfonamides is 1. The van der Waals surface area contributed by atoms with Crippen molar-refractivity contribution in [2.75, 3.05) is 26.2 Å². The van der Waals surface area contributed by atoms with Crippen molar-refractivity contribution >= 4 is 27.8 Å². The minimum Gasteiger partial charge on any atom is -0.340 e. The van der Waals surface area contributed by atoms with Crippen LogP contribution in [0.15, 0.2) is 53.9 Å². The molecule has 1 heterocycles. The molecule has 2 aromatic carbocycles. The molecule has 1 saturated heterocycles. The van der Waals surface area contributed by atoms with Crippen LogP contribution in [0.3, 0.4) is 0 Å². The van der Waals surface area contributed by atoms with Crippen molar-refractivity contribution in [2.45, 2.75) is 32.1 Å². The van der Waals surface area contributed by atoms with Gasteiger partial charge in [-0.2, -0.15) is 4.31 Å². The van der Waals surface area contributed by atoms with Crippen LogP contribution in [-0.4, -0.2) is 55.5 Å². The molecule has 2 aliphatic rings. The summed E-state index contributed by atoms with van der Waals surface area (Å²) in [5.74, 6) is -0.114. The number of nitrogens with zero attached hydrogens (tertiary/aromatic N) is 2. The average Bonchev–Trinajstić information content (AvgIpc) is 3.30. The van der Waals surface area contributed by atoms with Gasteiger partial charge in [-0.1, -0.05) is 42.5 Å². The number of ketones is 1. The van der Waals surface area contributed by atoms with Crippen LogP contribution in [0.25, 0.3) is 6.08 Å². The van der Waals surface area contributed by atoms with Gasteiger partial charge in [0, 0.05) is 50.0 Å². The number of hydrogen-bond donors (Lipinski definition) is 0. The van der Waals surface area contributed by atoms with Crippen molar-refractivity contribution in [3.05, 3.63) is 76.2 Å². The molecule has 0 aromatic heterocycles. The zero-order valence-electron chi connectivity index (χ0n) is 18.1. The van der Waals surface area contributed by atoms with Crippen molar-refractivity contribution in [2.24, 2.45) is 0 Å². The molecule has 0 N–H and O–H groups in total. The molecule has 4 rings (SSSR count). The number of fused-ring (bicyclic) bond motifs is 1. The first-order valence-electron chi connectivity index (χ1n) is 11.1. The Morgan fingerprint density at radius 3 is 2.34 bits per heavy atom. The number of hydrogen-bond acceptors (Lipinski definition) is 4. The standard InChI is InChI=1S/C25H28N2O4S/c28-24(23-10-9-21-7-4-8-22(21)19-23)11-12-25(29)26-14-16-27(17-15-26)32(30,31)18-13-20-5-2-1-3-6-20/h1-3,5-6,9-10,13,18-19H,4,7-8,11-12,14-17H2/b18-13+. The number of rotatable bonds is 7. The van der Waals surface area contributed by atoms with Crippen molar-refractivity contribution in [1.82, 2.24) is 9.21 Å². The molecule has 168 valence electrons. The average molecular weight is 453 g/mol. The zero-order valence-corrected chi connectivity index (χ0v) is 18.9. The fraction of sp³-hybridized carbons (Fsp3) is 0.360. The molecule has 0 unspecified atom stereocenters. The summed E-state index contributed by atoms with van der Waals surface area (Å²) >= 11 is 0. The predicted molar refractivity (Wildman–Crippen MR) is 125 cm³/mol. The lowest BCUT2D eigenvalue weighted by Crippen LogP contribution is -2.50. The monoisotopic (exact) mass is 452 g/mol. The van der Waals surface area contributed by atoms with Gasteiger partial charge in [0.25, 0.3) is 0 Å². The van der Waals surface area contributed by atoms with Crippen LogP contribution in [0, 0.1) is 0 Å². The number of benzene rings is 2. The van der Waals surface area contributed by atoms with Gasteiger partial charge >= 0.3 is 0 Å².